The molecule has 0 saturated heterocycles. The van der Waals surface area contributed by atoms with Gasteiger partial charge < -0.3 is 14.7 Å². The molecule has 0 bridgehead atoms. The van der Waals surface area contributed by atoms with E-state index in [1.807, 2.05) is 0 Å². The van der Waals surface area contributed by atoms with E-state index in [1.165, 1.54) is 0 Å². The summed E-state index contributed by atoms with van der Waals surface area (Å²) in [5, 5.41) is 0. The van der Waals surface area contributed by atoms with Crippen molar-refractivity contribution in [3.8, 4) is 0 Å². The molecule has 0 aromatic heterocycles. The first-order valence-electron chi connectivity index (χ1n) is 1.26. The maximum Gasteiger partial charge on any atom is 2.00 e. The molecule has 0 atom stereocenters. The van der Waals surface area contributed by atoms with E-state index < -0.39 is 19.0 Å². The summed E-state index contributed by atoms with van der Waals surface area (Å²) in [4.78, 5) is 24.2. The van der Waals surface area contributed by atoms with Gasteiger partial charge >= 0.3 is 27.5 Å². The molecule has 3 N–H and O–H groups in total. The van der Waals surface area contributed by atoms with Gasteiger partial charge in [-0.05, 0) is 0 Å². The second-order valence-electron chi connectivity index (χ2n) is 0.686. The molecule has 0 unspecified atom stereocenters. The van der Waals surface area contributed by atoms with Crippen LogP contribution in [0.3, 0.4) is 0 Å². The Labute approximate surface area is 68.8 Å². The molecule has 0 aliphatic carbocycles. The first-order chi connectivity index (χ1) is 3.73. The first-order valence-corrected chi connectivity index (χ1v) is 3.79. The van der Waals surface area contributed by atoms with Crippen molar-refractivity contribution < 1.29 is 49.3 Å². The fourth-order valence-corrected chi connectivity index (χ4v) is 0. The third-order valence-electron chi connectivity index (χ3n) is 0. The minimum Gasteiger partial charge on any atom is -0.820 e. The summed E-state index contributed by atoms with van der Waals surface area (Å²) in [6.45, 7) is 0. The van der Waals surface area contributed by atoms with Crippen molar-refractivity contribution >= 4 is 19.0 Å². The molecule has 10 heteroatoms. The molecule has 1 radical (unpaired) electrons. The van der Waals surface area contributed by atoms with Gasteiger partial charge in [0.05, 0.1) is 0 Å². The summed E-state index contributed by atoms with van der Waals surface area (Å²) < 4.78 is 31.6. The van der Waals surface area contributed by atoms with Gasteiger partial charge in [0.1, 0.15) is 0 Å². The van der Waals surface area contributed by atoms with E-state index in [9.17, 15) is 0 Å². The molecule has 0 aromatic carbocycles. The third kappa shape index (κ3) is 1050. The predicted molar refractivity (Wildman–Crippen MR) is 23.3 cm³/mol. The van der Waals surface area contributed by atoms with E-state index in [-0.39, 0.29) is 17.1 Å². The van der Waals surface area contributed by atoms with Gasteiger partial charge in [0.2, 0.25) is 0 Å². The standard InChI is InChI=1S/Cu.H2O4S.HO3P/c;1-5(2,3)4;1-4(2)3/h;(H2,1,2,3,4);1H/q+2;;-2. The van der Waals surface area contributed by atoms with Gasteiger partial charge in [-0.2, -0.15) is 17.0 Å². The van der Waals surface area contributed by atoms with Gasteiger partial charge in [0.15, 0.2) is 0 Å². The molecule has 0 heterocycles. The second kappa shape index (κ2) is 7.80. The van der Waals surface area contributed by atoms with Crippen LogP contribution in [0.25, 0.3) is 0 Å². The summed E-state index contributed by atoms with van der Waals surface area (Å²) in [7, 11) is -7.79. The van der Waals surface area contributed by atoms with Crippen molar-refractivity contribution in [2.75, 3.05) is 0 Å². The van der Waals surface area contributed by atoms with Crippen LogP contribution in [0, 0.1) is 0 Å². The first kappa shape index (κ1) is 17.0. The van der Waals surface area contributed by atoms with Gasteiger partial charge in [-0.1, -0.05) is 0 Å². The summed E-state index contributed by atoms with van der Waals surface area (Å²) in [6, 6.07) is 0. The zero-order valence-corrected chi connectivity index (χ0v) is 6.78. The van der Waals surface area contributed by atoms with Crippen molar-refractivity contribution in [2.45, 2.75) is 0 Å². The zero-order valence-electron chi connectivity index (χ0n) is 4.13. The molecule has 0 aromatic rings. The Kier molecular flexibility index (Phi) is 13.2. The van der Waals surface area contributed by atoms with E-state index in [2.05, 4.69) is 0 Å². The number of rotatable bonds is 0. The Morgan fingerprint density at radius 1 is 1.20 bits per heavy atom. The molecule has 7 nitrogen and oxygen atoms in total. The quantitative estimate of drug-likeness (QED) is 0.237. The van der Waals surface area contributed by atoms with Crippen LogP contribution >= 0.6 is 8.60 Å². The Balaban J connectivity index is -0.0000000910. The van der Waals surface area contributed by atoms with Gasteiger partial charge in [-0.15, -0.1) is 0 Å². The molecule has 67 valence electrons. The van der Waals surface area contributed by atoms with Crippen molar-refractivity contribution in [3.05, 3.63) is 0 Å². The van der Waals surface area contributed by atoms with Gasteiger partial charge in [-0.3, -0.25) is 9.11 Å². The second-order valence-corrected chi connectivity index (χ2v) is 2.06. The van der Waals surface area contributed by atoms with Crippen molar-refractivity contribution in [3.63, 3.8) is 0 Å². The average molecular weight is 242 g/mol. The van der Waals surface area contributed by atoms with Crippen molar-refractivity contribution in [1.29, 1.82) is 0 Å². The van der Waals surface area contributed by atoms with E-state index in [0.717, 1.165) is 0 Å². The maximum atomic E-state index is 8.74. The Morgan fingerprint density at radius 2 is 1.20 bits per heavy atom. The summed E-state index contributed by atoms with van der Waals surface area (Å²) in [6.07, 6.45) is 0. The third-order valence-corrected chi connectivity index (χ3v) is 0. The molecule has 0 aliphatic rings. The van der Waals surface area contributed by atoms with Gasteiger partial charge in [0.25, 0.3) is 0 Å². The van der Waals surface area contributed by atoms with Gasteiger partial charge in [-0.25, -0.2) is 0 Å². The summed E-state index contributed by atoms with van der Waals surface area (Å²) in [5.41, 5.74) is 0. The fraction of sp³-hybridized carbons (Fsp3) is 0. The normalized spacial score (nSPS) is 9.40. The summed E-state index contributed by atoms with van der Waals surface area (Å²) in [5.74, 6) is 0. The van der Waals surface area contributed by atoms with E-state index in [4.69, 9.17) is 32.2 Å². The number of hydrogen-bond donors (Lipinski definition) is 3. The Hall–Kier alpha value is 0.699. The number of hydrogen-bond acceptors (Lipinski definition) is 5. The summed E-state index contributed by atoms with van der Waals surface area (Å²) >= 11 is 0. The fourth-order valence-electron chi connectivity index (χ4n) is 0. The largest absolute Gasteiger partial charge is 2.00 e. The van der Waals surface area contributed by atoms with E-state index >= 15 is 0 Å². The molecule has 0 spiro atoms. The van der Waals surface area contributed by atoms with Crippen LogP contribution in [0.4, 0.5) is 0 Å². The predicted octanol–water partition coefficient (Wildman–Crippen LogP) is -2.73. The molecular weight excluding hydrogens is 239 g/mol. The van der Waals surface area contributed by atoms with E-state index in [1.54, 1.807) is 0 Å². The van der Waals surface area contributed by atoms with Gasteiger partial charge in [0, 0.05) is 0 Å². The monoisotopic (exact) mass is 241 g/mol. The van der Waals surface area contributed by atoms with Crippen molar-refractivity contribution in [1.82, 2.24) is 0 Å². The molecule has 0 amide bonds. The SMILES string of the molecule is O=S(=O)(O)O.[Cu+2].[O-]P([O-])O. The minimum absolute atomic E-state index is 0. The Morgan fingerprint density at radius 3 is 1.20 bits per heavy atom. The molecule has 0 fully saturated rings. The topological polar surface area (TPSA) is 141 Å². The van der Waals surface area contributed by atoms with Crippen LogP contribution in [0.5, 0.6) is 0 Å². The van der Waals surface area contributed by atoms with Crippen LogP contribution in [-0.2, 0) is 27.5 Å². The average Bonchev–Trinajstić information content (AvgIpc) is 1.19. The van der Waals surface area contributed by atoms with Crippen LogP contribution in [-0.4, -0.2) is 22.4 Å². The van der Waals surface area contributed by atoms with Crippen LogP contribution in [0.1, 0.15) is 0 Å². The molecular formula is H3CuO7PS. The molecule has 0 saturated carbocycles. The van der Waals surface area contributed by atoms with Crippen molar-refractivity contribution in [2.24, 2.45) is 0 Å². The minimum atomic E-state index is -4.67. The molecule has 10 heavy (non-hydrogen) atoms. The molecule has 0 aliphatic heterocycles. The molecule has 0 rings (SSSR count). The maximum absolute atomic E-state index is 8.74. The Bertz CT molecular complexity index is 125. The van der Waals surface area contributed by atoms with E-state index in [0.29, 0.717) is 0 Å². The van der Waals surface area contributed by atoms with Crippen LogP contribution < -0.4 is 9.79 Å². The zero-order chi connectivity index (χ0) is 8.08. The van der Waals surface area contributed by atoms with Crippen LogP contribution in [0.2, 0.25) is 0 Å². The smallest absolute Gasteiger partial charge is 0.820 e. The van der Waals surface area contributed by atoms with Crippen LogP contribution in [0.15, 0.2) is 0 Å².